The summed E-state index contributed by atoms with van der Waals surface area (Å²) in [4.78, 5) is 20.9. The van der Waals surface area contributed by atoms with Crippen LogP contribution in [-0.4, -0.2) is 68.7 Å². The monoisotopic (exact) mass is 387 g/mol. The minimum atomic E-state index is 0.0864. The number of hydrogen-bond donors (Lipinski definition) is 2. The number of piperazine rings is 1. The van der Waals surface area contributed by atoms with E-state index in [4.69, 9.17) is 9.73 Å². The maximum Gasteiger partial charge on any atom is 0.239 e. The van der Waals surface area contributed by atoms with Crippen LogP contribution in [0, 0.1) is 0 Å². The van der Waals surface area contributed by atoms with Crippen LogP contribution >= 0.6 is 0 Å². The van der Waals surface area contributed by atoms with Crippen molar-refractivity contribution in [2.75, 3.05) is 50.8 Å². The fourth-order valence-corrected chi connectivity index (χ4v) is 3.73. The van der Waals surface area contributed by atoms with E-state index in [9.17, 15) is 4.79 Å². The lowest BCUT2D eigenvalue weighted by Crippen LogP contribution is -2.47. The minimum absolute atomic E-state index is 0.0864. The summed E-state index contributed by atoms with van der Waals surface area (Å²) >= 11 is 0. The lowest BCUT2D eigenvalue weighted by Gasteiger charge is -2.34. The zero-order valence-corrected chi connectivity index (χ0v) is 17.1. The second kappa shape index (κ2) is 10.3. The number of ether oxygens (including phenoxy) is 1. The SMILES string of the molecule is CCNC(=NCc1ccc(N2CCNC(=O)C2)cc1)N1CCC(OCC)CC1. The predicted molar refractivity (Wildman–Crippen MR) is 113 cm³/mol. The van der Waals surface area contributed by atoms with Crippen molar-refractivity contribution in [3.05, 3.63) is 29.8 Å². The van der Waals surface area contributed by atoms with E-state index in [-0.39, 0.29) is 5.91 Å². The van der Waals surface area contributed by atoms with Gasteiger partial charge in [-0.3, -0.25) is 4.79 Å². The smallest absolute Gasteiger partial charge is 0.239 e. The number of aliphatic imine (C=N–C) groups is 1. The number of carbonyl (C=O) groups excluding carboxylic acids is 1. The Labute approximate surface area is 168 Å². The van der Waals surface area contributed by atoms with Gasteiger partial charge < -0.3 is 25.2 Å². The van der Waals surface area contributed by atoms with Gasteiger partial charge in [-0.2, -0.15) is 0 Å². The third kappa shape index (κ3) is 5.61. The van der Waals surface area contributed by atoms with Gasteiger partial charge in [0.2, 0.25) is 5.91 Å². The molecule has 0 aliphatic carbocycles. The summed E-state index contributed by atoms with van der Waals surface area (Å²) < 4.78 is 5.75. The Morgan fingerprint density at radius 2 is 1.96 bits per heavy atom. The Bertz CT molecular complexity index is 653. The van der Waals surface area contributed by atoms with E-state index in [1.54, 1.807) is 0 Å². The molecule has 3 rings (SSSR count). The van der Waals surface area contributed by atoms with Crippen molar-refractivity contribution >= 4 is 17.6 Å². The van der Waals surface area contributed by atoms with Crippen molar-refractivity contribution in [1.82, 2.24) is 15.5 Å². The van der Waals surface area contributed by atoms with E-state index in [0.29, 0.717) is 25.7 Å². The summed E-state index contributed by atoms with van der Waals surface area (Å²) in [6.07, 6.45) is 2.49. The first kappa shape index (κ1) is 20.5. The van der Waals surface area contributed by atoms with Crippen LogP contribution < -0.4 is 15.5 Å². The fourth-order valence-electron chi connectivity index (χ4n) is 3.73. The molecule has 0 saturated carbocycles. The summed E-state index contributed by atoms with van der Waals surface area (Å²) in [6.45, 7) is 10.4. The van der Waals surface area contributed by atoms with Gasteiger partial charge in [0.25, 0.3) is 0 Å². The molecule has 0 unspecified atom stereocenters. The minimum Gasteiger partial charge on any atom is -0.378 e. The van der Waals surface area contributed by atoms with Crippen molar-refractivity contribution in [3.8, 4) is 0 Å². The maximum absolute atomic E-state index is 11.6. The average Bonchev–Trinajstić information content (AvgIpc) is 2.72. The number of nitrogens with one attached hydrogen (secondary N) is 2. The first-order valence-electron chi connectivity index (χ1n) is 10.4. The van der Waals surface area contributed by atoms with E-state index in [1.165, 1.54) is 5.56 Å². The summed E-state index contributed by atoms with van der Waals surface area (Å²) in [5.74, 6) is 1.07. The molecule has 0 atom stereocenters. The van der Waals surface area contributed by atoms with Crippen molar-refractivity contribution in [1.29, 1.82) is 0 Å². The van der Waals surface area contributed by atoms with Crippen LogP contribution in [0.2, 0.25) is 0 Å². The Morgan fingerprint density at radius 3 is 2.61 bits per heavy atom. The molecule has 0 spiro atoms. The molecule has 0 radical (unpaired) electrons. The molecule has 2 fully saturated rings. The van der Waals surface area contributed by atoms with Gasteiger partial charge in [0.1, 0.15) is 0 Å². The second-order valence-electron chi connectivity index (χ2n) is 7.25. The molecule has 2 aliphatic rings. The van der Waals surface area contributed by atoms with Crippen molar-refractivity contribution in [3.63, 3.8) is 0 Å². The Kier molecular flexibility index (Phi) is 7.54. The highest BCUT2D eigenvalue weighted by molar-refractivity contribution is 5.82. The van der Waals surface area contributed by atoms with Crippen molar-refractivity contribution in [2.45, 2.75) is 39.3 Å². The molecular formula is C21H33N5O2. The highest BCUT2D eigenvalue weighted by atomic mass is 16.5. The molecule has 28 heavy (non-hydrogen) atoms. The first-order valence-corrected chi connectivity index (χ1v) is 10.4. The fraction of sp³-hybridized carbons (Fsp3) is 0.619. The number of rotatable bonds is 6. The van der Waals surface area contributed by atoms with Gasteiger partial charge >= 0.3 is 0 Å². The molecule has 2 saturated heterocycles. The first-order chi connectivity index (χ1) is 13.7. The largest absolute Gasteiger partial charge is 0.378 e. The molecule has 2 aliphatic heterocycles. The molecule has 1 aromatic carbocycles. The molecule has 1 aromatic rings. The number of likely N-dealkylation sites (tertiary alicyclic amines) is 1. The van der Waals surface area contributed by atoms with E-state index in [2.05, 4.69) is 58.5 Å². The zero-order chi connectivity index (χ0) is 19.8. The molecule has 0 aromatic heterocycles. The van der Waals surface area contributed by atoms with Crippen LogP contribution in [0.15, 0.2) is 29.3 Å². The summed E-state index contributed by atoms with van der Waals surface area (Å²) in [7, 11) is 0. The topological polar surface area (TPSA) is 69.2 Å². The molecule has 7 heteroatoms. The third-order valence-electron chi connectivity index (χ3n) is 5.23. The van der Waals surface area contributed by atoms with Crippen LogP contribution in [0.25, 0.3) is 0 Å². The molecule has 7 nitrogen and oxygen atoms in total. The standard InChI is InChI=1S/C21H33N5O2/c1-3-22-21(25-12-9-19(10-13-25)28-4-2)24-15-17-5-7-18(8-6-17)26-14-11-23-20(27)16-26/h5-8,19H,3-4,9-16H2,1-2H3,(H,22,24)(H,23,27). The molecule has 1 amide bonds. The maximum atomic E-state index is 11.6. The quantitative estimate of drug-likeness (QED) is 0.573. The predicted octanol–water partition coefficient (Wildman–Crippen LogP) is 1.59. The van der Waals surface area contributed by atoms with Gasteiger partial charge in [0.15, 0.2) is 5.96 Å². The van der Waals surface area contributed by atoms with Gasteiger partial charge in [-0.1, -0.05) is 12.1 Å². The molecule has 2 heterocycles. The van der Waals surface area contributed by atoms with Crippen LogP contribution in [0.1, 0.15) is 32.3 Å². The van der Waals surface area contributed by atoms with Crippen LogP contribution in [-0.2, 0) is 16.1 Å². The molecule has 0 bridgehead atoms. The highest BCUT2D eigenvalue weighted by Gasteiger charge is 2.21. The number of nitrogens with zero attached hydrogens (tertiary/aromatic N) is 3. The number of benzene rings is 1. The molecular weight excluding hydrogens is 354 g/mol. The molecule has 2 N–H and O–H groups in total. The zero-order valence-electron chi connectivity index (χ0n) is 17.1. The summed E-state index contributed by atoms with van der Waals surface area (Å²) in [5.41, 5.74) is 2.26. The third-order valence-corrected chi connectivity index (χ3v) is 5.23. The van der Waals surface area contributed by atoms with Crippen LogP contribution in [0.5, 0.6) is 0 Å². The highest BCUT2D eigenvalue weighted by Crippen LogP contribution is 2.17. The van der Waals surface area contributed by atoms with Gasteiger partial charge in [-0.25, -0.2) is 4.99 Å². The van der Waals surface area contributed by atoms with E-state index in [0.717, 1.165) is 57.3 Å². The van der Waals surface area contributed by atoms with Crippen molar-refractivity contribution < 1.29 is 9.53 Å². The number of hydrogen-bond acceptors (Lipinski definition) is 4. The number of anilines is 1. The van der Waals surface area contributed by atoms with Crippen LogP contribution in [0.4, 0.5) is 5.69 Å². The lowest BCUT2D eigenvalue weighted by molar-refractivity contribution is -0.120. The second-order valence-corrected chi connectivity index (χ2v) is 7.25. The van der Waals surface area contributed by atoms with Gasteiger partial charge in [-0.05, 0) is 44.4 Å². The number of piperidine rings is 1. The Hall–Kier alpha value is -2.28. The van der Waals surface area contributed by atoms with E-state index < -0.39 is 0 Å². The van der Waals surface area contributed by atoms with E-state index in [1.807, 2.05) is 0 Å². The summed E-state index contributed by atoms with van der Waals surface area (Å²) in [5, 5.41) is 6.28. The van der Waals surface area contributed by atoms with E-state index >= 15 is 0 Å². The Balaban J connectivity index is 1.57. The van der Waals surface area contributed by atoms with Gasteiger partial charge in [0, 0.05) is 45.0 Å². The Morgan fingerprint density at radius 1 is 1.21 bits per heavy atom. The van der Waals surface area contributed by atoms with Crippen LogP contribution in [0.3, 0.4) is 0 Å². The van der Waals surface area contributed by atoms with Crippen molar-refractivity contribution in [2.24, 2.45) is 4.99 Å². The number of amides is 1. The molecule has 154 valence electrons. The number of carbonyl (C=O) groups is 1. The number of guanidine groups is 1. The lowest BCUT2D eigenvalue weighted by atomic mass is 10.1. The van der Waals surface area contributed by atoms with Gasteiger partial charge in [-0.15, -0.1) is 0 Å². The normalized spacial score (nSPS) is 18.9. The summed E-state index contributed by atoms with van der Waals surface area (Å²) in [6, 6.07) is 8.39. The average molecular weight is 388 g/mol. The van der Waals surface area contributed by atoms with Gasteiger partial charge in [0.05, 0.1) is 19.2 Å².